The summed E-state index contributed by atoms with van der Waals surface area (Å²) in [5.74, 6) is -1.75. The molecule has 0 bridgehead atoms. The molecule has 0 saturated carbocycles. The summed E-state index contributed by atoms with van der Waals surface area (Å²) in [6.07, 6.45) is -4.62. The lowest BCUT2D eigenvalue weighted by Crippen LogP contribution is -2.12. The number of benzene rings is 1. The Hall–Kier alpha value is -1.98. The Labute approximate surface area is 100 Å². The maximum atomic E-state index is 13.0. The minimum absolute atomic E-state index is 0.0503. The largest absolute Gasteiger partial charge is 0.451 e. The first-order valence-electron chi connectivity index (χ1n) is 5.05. The van der Waals surface area contributed by atoms with Gasteiger partial charge in [-0.2, -0.15) is 13.2 Å². The lowest BCUT2D eigenvalue weighted by atomic mass is 10.1. The van der Waals surface area contributed by atoms with Gasteiger partial charge < -0.3 is 0 Å². The molecule has 0 spiro atoms. The molecular weight excluding hydrogens is 248 g/mol. The normalized spacial score (nSPS) is 11.6. The van der Waals surface area contributed by atoms with Crippen molar-refractivity contribution in [3.8, 4) is 11.3 Å². The van der Waals surface area contributed by atoms with E-state index in [-0.39, 0.29) is 17.0 Å². The number of nitrogens with zero attached hydrogens (tertiary/aromatic N) is 2. The Morgan fingerprint density at radius 3 is 2.39 bits per heavy atom. The lowest BCUT2D eigenvalue weighted by molar-refractivity contribution is -0.145. The van der Waals surface area contributed by atoms with E-state index < -0.39 is 17.8 Å². The Kier molecular flexibility index (Phi) is 3.02. The number of aryl methyl sites for hydroxylation is 1. The van der Waals surface area contributed by atoms with E-state index in [1.54, 1.807) is 0 Å². The smallest absolute Gasteiger partial charge is 0.230 e. The predicted octanol–water partition coefficient (Wildman–Crippen LogP) is 3.61. The quantitative estimate of drug-likeness (QED) is 0.728. The zero-order valence-corrected chi connectivity index (χ0v) is 9.29. The summed E-state index contributed by atoms with van der Waals surface area (Å²) in [5.41, 5.74) is 0.511. The van der Waals surface area contributed by atoms with Gasteiger partial charge >= 0.3 is 6.18 Å². The van der Waals surface area contributed by atoms with Crippen LogP contribution in [0.25, 0.3) is 11.3 Å². The second-order valence-corrected chi connectivity index (χ2v) is 3.73. The monoisotopic (exact) mass is 256 g/mol. The molecule has 2 nitrogen and oxygen atoms in total. The molecule has 0 aliphatic heterocycles. The molecule has 18 heavy (non-hydrogen) atoms. The molecule has 0 amide bonds. The Balaban J connectivity index is 2.55. The molecule has 2 rings (SSSR count). The highest BCUT2D eigenvalue weighted by atomic mass is 19.4. The summed E-state index contributed by atoms with van der Waals surface area (Å²) in [4.78, 5) is 6.74. The summed E-state index contributed by atoms with van der Waals surface area (Å²) < 4.78 is 50.7. The minimum Gasteiger partial charge on any atom is -0.230 e. The summed E-state index contributed by atoms with van der Waals surface area (Å²) in [7, 11) is 0. The number of hydrogen-bond donors (Lipinski definition) is 0. The van der Waals surface area contributed by atoms with Crippen molar-refractivity contribution in [2.75, 3.05) is 0 Å². The first-order valence-corrected chi connectivity index (χ1v) is 5.05. The average Bonchev–Trinajstić information content (AvgIpc) is 2.27. The fourth-order valence-corrected chi connectivity index (χ4v) is 1.49. The molecule has 6 heteroatoms. The molecule has 2 aromatic rings. The van der Waals surface area contributed by atoms with Gasteiger partial charge in [0, 0.05) is 11.3 Å². The summed E-state index contributed by atoms with van der Waals surface area (Å²) >= 11 is 0. The fraction of sp³-hybridized carbons (Fsp3) is 0.167. The van der Waals surface area contributed by atoms with E-state index in [0.29, 0.717) is 0 Å². The van der Waals surface area contributed by atoms with Crippen molar-refractivity contribution in [2.45, 2.75) is 13.1 Å². The number of hydrogen-bond acceptors (Lipinski definition) is 2. The third kappa shape index (κ3) is 2.64. The van der Waals surface area contributed by atoms with Crippen LogP contribution in [-0.2, 0) is 6.18 Å². The van der Waals surface area contributed by atoms with Crippen LogP contribution in [0.3, 0.4) is 0 Å². The van der Waals surface area contributed by atoms with Crippen molar-refractivity contribution in [3.05, 3.63) is 47.7 Å². The Morgan fingerprint density at radius 1 is 1.06 bits per heavy atom. The molecular formula is C12H8F4N2. The molecule has 94 valence electrons. The summed E-state index contributed by atoms with van der Waals surface area (Å²) in [6.45, 7) is 1.43. The summed E-state index contributed by atoms with van der Waals surface area (Å²) in [5, 5.41) is 0. The Morgan fingerprint density at radius 2 is 1.78 bits per heavy atom. The van der Waals surface area contributed by atoms with Crippen LogP contribution in [0.4, 0.5) is 17.6 Å². The van der Waals surface area contributed by atoms with E-state index in [4.69, 9.17) is 0 Å². The van der Waals surface area contributed by atoms with Crippen molar-refractivity contribution in [1.29, 1.82) is 0 Å². The molecule has 0 unspecified atom stereocenters. The molecule has 0 saturated heterocycles. The van der Waals surface area contributed by atoms with Gasteiger partial charge in [-0.25, -0.2) is 14.4 Å². The third-order valence-corrected chi connectivity index (χ3v) is 2.23. The highest BCUT2D eigenvalue weighted by molar-refractivity contribution is 5.59. The Bertz CT molecular complexity index is 579. The number of halogens is 4. The van der Waals surface area contributed by atoms with Gasteiger partial charge in [-0.05, 0) is 25.1 Å². The molecule has 0 aliphatic rings. The van der Waals surface area contributed by atoms with Gasteiger partial charge in [-0.15, -0.1) is 0 Å². The van der Waals surface area contributed by atoms with Crippen LogP contribution in [0.1, 0.15) is 11.5 Å². The highest BCUT2D eigenvalue weighted by Crippen LogP contribution is 2.28. The first-order chi connectivity index (χ1) is 8.36. The number of rotatable bonds is 1. The highest BCUT2D eigenvalue weighted by Gasteiger charge is 2.35. The van der Waals surface area contributed by atoms with Gasteiger partial charge in [0.1, 0.15) is 5.82 Å². The molecule has 0 N–H and O–H groups in total. The van der Waals surface area contributed by atoms with Crippen LogP contribution >= 0.6 is 0 Å². The first kappa shape index (κ1) is 12.5. The van der Waals surface area contributed by atoms with Crippen molar-refractivity contribution < 1.29 is 17.6 Å². The van der Waals surface area contributed by atoms with E-state index in [0.717, 1.165) is 6.07 Å². The van der Waals surface area contributed by atoms with Gasteiger partial charge in [0.15, 0.2) is 0 Å². The molecule has 1 aromatic carbocycles. The summed E-state index contributed by atoms with van der Waals surface area (Å²) in [6, 6.07) is 6.62. The van der Waals surface area contributed by atoms with Gasteiger partial charge in [-0.3, -0.25) is 0 Å². The topological polar surface area (TPSA) is 25.8 Å². The zero-order valence-electron chi connectivity index (χ0n) is 9.29. The van der Waals surface area contributed by atoms with E-state index in [1.165, 1.54) is 31.2 Å². The number of alkyl halides is 3. The van der Waals surface area contributed by atoms with Crippen LogP contribution in [0.5, 0.6) is 0 Å². The fourth-order valence-electron chi connectivity index (χ4n) is 1.49. The van der Waals surface area contributed by atoms with Gasteiger partial charge in [-0.1, -0.05) is 12.1 Å². The van der Waals surface area contributed by atoms with E-state index >= 15 is 0 Å². The van der Waals surface area contributed by atoms with E-state index in [2.05, 4.69) is 9.97 Å². The van der Waals surface area contributed by atoms with E-state index in [9.17, 15) is 17.6 Å². The van der Waals surface area contributed by atoms with Gasteiger partial charge in [0.2, 0.25) is 5.82 Å². The number of aromatic nitrogens is 2. The predicted molar refractivity (Wildman–Crippen MR) is 57.2 cm³/mol. The van der Waals surface area contributed by atoms with Crippen LogP contribution in [0, 0.1) is 12.7 Å². The third-order valence-electron chi connectivity index (χ3n) is 2.23. The van der Waals surface area contributed by atoms with Gasteiger partial charge in [0.05, 0.1) is 5.69 Å². The second kappa shape index (κ2) is 4.36. The average molecular weight is 256 g/mol. The van der Waals surface area contributed by atoms with Crippen LogP contribution in [0.2, 0.25) is 0 Å². The zero-order chi connectivity index (χ0) is 13.3. The maximum absolute atomic E-state index is 13.0. The van der Waals surface area contributed by atoms with Crippen molar-refractivity contribution >= 4 is 0 Å². The molecule has 1 aromatic heterocycles. The van der Waals surface area contributed by atoms with Crippen molar-refractivity contribution in [3.63, 3.8) is 0 Å². The standard InChI is InChI=1S/C12H8F4N2/c1-7-5-10(8-3-2-4-9(13)6-8)18-11(17-7)12(14,15)16/h2-6H,1H3. The molecule has 0 aliphatic carbocycles. The van der Waals surface area contributed by atoms with Gasteiger partial charge in [0.25, 0.3) is 0 Å². The van der Waals surface area contributed by atoms with Crippen molar-refractivity contribution in [1.82, 2.24) is 9.97 Å². The molecule has 0 fully saturated rings. The second-order valence-electron chi connectivity index (χ2n) is 3.73. The van der Waals surface area contributed by atoms with Crippen LogP contribution in [0.15, 0.2) is 30.3 Å². The lowest BCUT2D eigenvalue weighted by Gasteiger charge is -2.08. The maximum Gasteiger partial charge on any atom is 0.451 e. The molecule has 0 atom stereocenters. The van der Waals surface area contributed by atoms with Crippen LogP contribution < -0.4 is 0 Å². The molecule has 0 radical (unpaired) electrons. The van der Waals surface area contributed by atoms with Crippen LogP contribution in [-0.4, -0.2) is 9.97 Å². The van der Waals surface area contributed by atoms with E-state index in [1.807, 2.05) is 0 Å². The molecule has 1 heterocycles. The minimum atomic E-state index is -4.62. The SMILES string of the molecule is Cc1cc(-c2cccc(F)c2)nc(C(F)(F)F)n1. The van der Waals surface area contributed by atoms with Crippen molar-refractivity contribution in [2.24, 2.45) is 0 Å².